The van der Waals surface area contributed by atoms with Gasteiger partial charge in [0.15, 0.2) is 5.78 Å². The van der Waals surface area contributed by atoms with E-state index in [1.807, 2.05) is 0 Å². The smallest absolute Gasteiger partial charge is 0.165 e. The summed E-state index contributed by atoms with van der Waals surface area (Å²) in [6.07, 6.45) is 9.39. The Balaban J connectivity index is 1.53. The summed E-state index contributed by atoms with van der Waals surface area (Å²) >= 11 is 0. The zero-order valence-corrected chi connectivity index (χ0v) is 21.0. The van der Waals surface area contributed by atoms with Crippen molar-refractivity contribution in [3.05, 3.63) is 0 Å². The first-order valence-electron chi connectivity index (χ1n) is 13.4. The van der Waals surface area contributed by atoms with Gasteiger partial charge in [0.05, 0.1) is 6.10 Å². The molecule has 0 bridgehead atoms. The van der Waals surface area contributed by atoms with Gasteiger partial charge in [-0.3, -0.25) is 4.79 Å². The molecule has 10 atom stereocenters. The van der Waals surface area contributed by atoms with E-state index >= 15 is 0 Å². The van der Waals surface area contributed by atoms with Crippen LogP contribution in [0.1, 0.15) is 106 Å². The van der Waals surface area contributed by atoms with Crippen molar-refractivity contribution in [3.63, 3.8) is 0 Å². The molecule has 4 saturated carbocycles. The Hall–Kier alpha value is -0.410. The lowest BCUT2D eigenvalue weighted by atomic mass is 9.42. The number of aliphatic hydroxyl groups is 2. The van der Waals surface area contributed by atoms with E-state index in [-0.39, 0.29) is 17.6 Å². The second kappa shape index (κ2) is 8.12. The SMILES string of the molecule is CC(C)C(C)CC[C@@H](C)C1CCC2C3CC(=O)[C@@]4(O)C[C@@H](O)CC[C@]4(C)C3CC[C@@]21C. The summed E-state index contributed by atoms with van der Waals surface area (Å²) in [4.78, 5) is 13.3. The molecule has 3 nitrogen and oxygen atoms in total. The first-order valence-corrected chi connectivity index (χ1v) is 13.4. The summed E-state index contributed by atoms with van der Waals surface area (Å²) in [5.74, 6) is 4.59. The summed E-state index contributed by atoms with van der Waals surface area (Å²) in [7, 11) is 0. The molecule has 3 heteroatoms. The summed E-state index contributed by atoms with van der Waals surface area (Å²) in [5.41, 5.74) is -1.32. The van der Waals surface area contributed by atoms with Crippen LogP contribution in [0.4, 0.5) is 0 Å². The molecule has 0 saturated heterocycles. The predicted octanol–water partition coefficient (Wildman–Crippen LogP) is 6.01. The number of fused-ring (bicyclic) bond motifs is 5. The van der Waals surface area contributed by atoms with E-state index in [0.717, 1.165) is 42.9 Å². The molecular formula is C28H48O3. The van der Waals surface area contributed by atoms with Crippen LogP contribution in [0.3, 0.4) is 0 Å². The van der Waals surface area contributed by atoms with E-state index in [4.69, 9.17) is 0 Å². The lowest BCUT2D eigenvalue weighted by molar-refractivity contribution is -0.213. The molecule has 4 rings (SSSR count). The molecule has 0 amide bonds. The predicted molar refractivity (Wildman–Crippen MR) is 125 cm³/mol. The number of aliphatic hydroxyl groups excluding tert-OH is 1. The molecular weight excluding hydrogens is 384 g/mol. The van der Waals surface area contributed by atoms with Crippen LogP contribution in [0.15, 0.2) is 0 Å². The highest BCUT2D eigenvalue weighted by Gasteiger charge is 2.67. The number of rotatable bonds is 5. The first-order chi connectivity index (χ1) is 14.4. The van der Waals surface area contributed by atoms with E-state index < -0.39 is 11.7 Å². The fourth-order valence-electron chi connectivity index (χ4n) is 9.06. The Morgan fingerprint density at radius 1 is 0.968 bits per heavy atom. The van der Waals surface area contributed by atoms with Crippen LogP contribution in [0, 0.1) is 52.3 Å². The van der Waals surface area contributed by atoms with Crippen LogP contribution >= 0.6 is 0 Å². The van der Waals surface area contributed by atoms with Crippen molar-refractivity contribution in [2.45, 2.75) is 117 Å². The molecule has 4 aliphatic carbocycles. The molecule has 0 aliphatic heterocycles. The van der Waals surface area contributed by atoms with Crippen molar-refractivity contribution in [2.75, 3.05) is 0 Å². The van der Waals surface area contributed by atoms with Gasteiger partial charge in [-0.1, -0.05) is 54.4 Å². The van der Waals surface area contributed by atoms with E-state index in [1.54, 1.807) is 0 Å². The van der Waals surface area contributed by atoms with E-state index in [0.29, 0.717) is 29.6 Å². The number of hydrogen-bond donors (Lipinski definition) is 2. The van der Waals surface area contributed by atoms with Gasteiger partial charge in [0.2, 0.25) is 0 Å². The van der Waals surface area contributed by atoms with Crippen molar-refractivity contribution >= 4 is 5.78 Å². The van der Waals surface area contributed by atoms with Gasteiger partial charge in [-0.15, -0.1) is 0 Å². The van der Waals surface area contributed by atoms with E-state index in [1.165, 1.54) is 32.1 Å². The fraction of sp³-hybridized carbons (Fsp3) is 0.964. The number of Topliss-reactive ketones (excluding diaryl/α,β-unsaturated/α-hetero) is 1. The van der Waals surface area contributed by atoms with Crippen molar-refractivity contribution < 1.29 is 15.0 Å². The lowest BCUT2D eigenvalue weighted by Gasteiger charge is -2.63. The third-order valence-electron chi connectivity index (χ3n) is 11.6. The third kappa shape index (κ3) is 3.56. The van der Waals surface area contributed by atoms with Crippen LogP contribution in [-0.4, -0.2) is 27.7 Å². The summed E-state index contributed by atoms with van der Waals surface area (Å²) < 4.78 is 0. The number of hydrogen-bond acceptors (Lipinski definition) is 3. The highest BCUT2D eigenvalue weighted by Crippen LogP contribution is 2.68. The van der Waals surface area contributed by atoms with Crippen LogP contribution in [-0.2, 0) is 4.79 Å². The molecule has 178 valence electrons. The average molecular weight is 433 g/mol. The molecule has 0 spiro atoms. The fourth-order valence-corrected chi connectivity index (χ4v) is 9.06. The highest BCUT2D eigenvalue weighted by molar-refractivity contribution is 5.89. The minimum absolute atomic E-state index is 0.0292. The lowest BCUT2D eigenvalue weighted by Crippen LogP contribution is -2.67. The van der Waals surface area contributed by atoms with Gasteiger partial charge in [0.25, 0.3) is 0 Å². The monoisotopic (exact) mass is 432 g/mol. The Bertz CT molecular complexity index is 688. The number of carbonyl (C=O) groups excluding carboxylic acids is 1. The maximum absolute atomic E-state index is 13.3. The standard InChI is InChI=1S/C28H48O3/c1-17(2)18(3)7-8-19(4)22-9-10-23-21-15-25(30)28(31)16-20(29)11-14-27(28,6)24(21)12-13-26(22,23)5/h17-24,29,31H,7-16H2,1-6H3/t18?,19-,20+,21?,22?,23?,24?,26-,27-,28+/m1/s1. The topological polar surface area (TPSA) is 57.5 Å². The Morgan fingerprint density at radius 2 is 1.68 bits per heavy atom. The zero-order chi connectivity index (χ0) is 22.8. The van der Waals surface area contributed by atoms with Gasteiger partial charge in [0.1, 0.15) is 5.60 Å². The quantitative estimate of drug-likeness (QED) is 0.559. The van der Waals surface area contributed by atoms with Gasteiger partial charge < -0.3 is 10.2 Å². The summed E-state index contributed by atoms with van der Waals surface area (Å²) in [6, 6.07) is 0. The van der Waals surface area contributed by atoms with Gasteiger partial charge in [-0.25, -0.2) is 0 Å². The molecule has 0 aromatic carbocycles. The Labute approximate surface area is 190 Å². The molecule has 0 radical (unpaired) electrons. The maximum Gasteiger partial charge on any atom is 0.165 e. The average Bonchev–Trinajstić information content (AvgIpc) is 3.05. The van der Waals surface area contributed by atoms with Crippen LogP contribution < -0.4 is 0 Å². The summed E-state index contributed by atoms with van der Waals surface area (Å²) in [5, 5.41) is 21.8. The van der Waals surface area contributed by atoms with Gasteiger partial charge >= 0.3 is 0 Å². The van der Waals surface area contributed by atoms with E-state index in [9.17, 15) is 15.0 Å². The van der Waals surface area contributed by atoms with Crippen molar-refractivity contribution in [1.82, 2.24) is 0 Å². The summed E-state index contributed by atoms with van der Waals surface area (Å²) in [6.45, 7) is 14.3. The van der Waals surface area contributed by atoms with Gasteiger partial charge in [-0.05, 0) is 85.4 Å². The van der Waals surface area contributed by atoms with Gasteiger partial charge in [-0.2, -0.15) is 0 Å². The van der Waals surface area contributed by atoms with Crippen LogP contribution in [0.5, 0.6) is 0 Å². The minimum atomic E-state index is -1.31. The molecule has 2 N–H and O–H groups in total. The molecule has 0 aromatic heterocycles. The van der Waals surface area contributed by atoms with Crippen LogP contribution in [0.2, 0.25) is 0 Å². The molecule has 0 heterocycles. The largest absolute Gasteiger partial charge is 0.393 e. The molecule has 4 aliphatic rings. The molecule has 0 aromatic rings. The Kier molecular flexibility index (Phi) is 6.21. The normalized spacial score (nSPS) is 49.3. The Morgan fingerprint density at radius 3 is 2.35 bits per heavy atom. The molecule has 5 unspecified atom stereocenters. The molecule has 4 fully saturated rings. The minimum Gasteiger partial charge on any atom is -0.393 e. The highest BCUT2D eigenvalue weighted by atomic mass is 16.3. The van der Waals surface area contributed by atoms with Crippen molar-refractivity contribution in [1.29, 1.82) is 0 Å². The molecule has 31 heavy (non-hydrogen) atoms. The van der Waals surface area contributed by atoms with Crippen molar-refractivity contribution in [3.8, 4) is 0 Å². The van der Waals surface area contributed by atoms with Gasteiger partial charge in [0, 0.05) is 18.3 Å². The second-order valence-electron chi connectivity index (χ2n) is 13.2. The zero-order valence-electron chi connectivity index (χ0n) is 21.0. The third-order valence-corrected chi connectivity index (χ3v) is 11.6. The maximum atomic E-state index is 13.3. The number of ketones is 1. The number of carbonyl (C=O) groups is 1. The van der Waals surface area contributed by atoms with E-state index in [2.05, 4.69) is 41.5 Å². The van der Waals surface area contributed by atoms with Crippen molar-refractivity contribution in [2.24, 2.45) is 52.3 Å². The first kappa shape index (κ1) is 23.7. The second-order valence-corrected chi connectivity index (χ2v) is 13.2. The van der Waals surface area contributed by atoms with Crippen LogP contribution in [0.25, 0.3) is 0 Å².